The Balaban J connectivity index is 1.88. The second-order valence-corrected chi connectivity index (χ2v) is 7.43. The highest BCUT2D eigenvalue weighted by Gasteiger charge is 2.25. The van der Waals surface area contributed by atoms with Gasteiger partial charge in [-0.3, -0.25) is 14.5 Å². The summed E-state index contributed by atoms with van der Waals surface area (Å²) in [6.07, 6.45) is 3.36. The Morgan fingerprint density at radius 3 is 2.67 bits per heavy atom. The number of hydrogen-bond donors (Lipinski definition) is 1. The maximum Gasteiger partial charge on any atom is 0.262 e. The third kappa shape index (κ3) is 4.41. The first-order valence-corrected chi connectivity index (χ1v) is 9.53. The molecule has 0 radical (unpaired) electrons. The van der Waals surface area contributed by atoms with Crippen molar-refractivity contribution in [3.8, 4) is 6.07 Å². The van der Waals surface area contributed by atoms with Gasteiger partial charge in [-0.2, -0.15) is 5.26 Å². The molecule has 1 aromatic heterocycles. The minimum Gasteiger partial charge on any atom is -0.349 e. The van der Waals surface area contributed by atoms with E-state index in [2.05, 4.69) is 10.3 Å². The molecule has 2 amide bonds. The monoisotopic (exact) mass is 380 g/mol. The van der Waals surface area contributed by atoms with Gasteiger partial charge in [-0.1, -0.05) is 6.07 Å². The molecule has 0 saturated heterocycles. The van der Waals surface area contributed by atoms with Crippen molar-refractivity contribution in [1.29, 1.82) is 5.26 Å². The van der Waals surface area contributed by atoms with E-state index in [-0.39, 0.29) is 23.4 Å². The standard InChI is InChI=1S/C20H20N4O2S/c1-12-4-7-18(8-13(12)2)24(14(3)25)20-23-17(11-27-20)9-15(10-21)19(26)22-16-5-6-16/h4,7-9,11,16H,5-6H2,1-3H3,(H,22,26)/b15-9+. The molecule has 7 heteroatoms. The fourth-order valence-corrected chi connectivity index (χ4v) is 3.37. The lowest BCUT2D eigenvalue weighted by molar-refractivity contribution is -0.117. The summed E-state index contributed by atoms with van der Waals surface area (Å²) in [6, 6.07) is 7.89. The summed E-state index contributed by atoms with van der Waals surface area (Å²) >= 11 is 1.29. The molecular weight excluding hydrogens is 360 g/mol. The highest BCUT2D eigenvalue weighted by molar-refractivity contribution is 7.14. The van der Waals surface area contributed by atoms with Gasteiger partial charge in [-0.05, 0) is 56.0 Å². The van der Waals surface area contributed by atoms with Gasteiger partial charge < -0.3 is 5.32 Å². The number of nitrogens with one attached hydrogen (secondary N) is 1. The number of aryl methyl sites for hydroxylation is 2. The van der Waals surface area contributed by atoms with Gasteiger partial charge in [0.25, 0.3) is 5.91 Å². The lowest BCUT2D eigenvalue weighted by Gasteiger charge is -2.19. The van der Waals surface area contributed by atoms with Crippen molar-refractivity contribution in [2.75, 3.05) is 4.90 Å². The molecule has 1 aliphatic carbocycles. The summed E-state index contributed by atoms with van der Waals surface area (Å²) in [5.41, 5.74) is 3.46. The number of rotatable bonds is 5. The van der Waals surface area contributed by atoms with E-state index in [1.54, 1.807) is 5.38 Å². The number of nitriles is 1. The number of hydrogen-bond acceptors (Lipinski definition) is 5. The second-order valence-electron chi connectivity index (χ2n) is 6.60. The van der Waals surface area contributed by atoms with Gasteiger partial charge in [-0.25, -0.2) is 4.98 Å². The van der Waals surface area contributed by atoms with Crippen molar-refractivity contribution < 1.29 is 9.59 Å². The molecule has 1 aromatic carbocycles. The number of anilines is 2. The number of carbonyl (C=O) groups is 2. The maximum atomic E-state index is 12.2. The normalized spacial score (nSPS) is 13.8. The van der Waals surface area contributed by atoms with Gasteiger partial charge in [0, 0.05) is 18.3 Å². The molecule has 0 atom stereocenters. The summed E-state index contributed by atoms with van der Waals surface area (Å²) in [7, 11) is 0. The fraction of sp³-hybridized carbons (Fsp3) is 0.300. The van der Waals surface area contributed by atoms with Gasteiger partial charge in [0.1, 0.15) is 11.6 Å². The smallest absolute Gasteiger partial charge is 0.262 e. The molecule has 0 aliphatic heterocycles. The van der Waals surface area contributed by atoms with Crippen molar-refractivity contribution in [3.05, 3.63) is 46.0 Å². The Bertz CT molecular complexity index is 967. The zero-order chi connectivity index (χ0) is 19.6. The molecule has 1 heterocycles. The van der Waals surface area contributed by atoms with Gasteiger partial charge in [0.05, 0.1) is 11.4 Å². The van der Waals surface area contributed by atoms with Crippen LogP contribution in [0.3, 0.4) is 0 Å². The van der Waals surface area contributed by atoms with E-state index in [4.69, 9.17) is 0 Å². The Labute approximate surface area is 162 Å². The van der Waals surface area contributed by atoms with E-state index < -0.39 is 0 Å². The lowest BCUT2D eigenvalue weighted by Crippen LogP contribution is -2.26. The van der Waals surface area contributed by atoms with Crippen LogP contribution in [0.15, 0.2) is 29.2 Å². The van der Waals surface area contributed by atoms with Crippen LogP contribution in [0.25, 0.3) is 6.08 Å². The molecule has 1 saturated carbocycles. The van der Waals surface area contributed by atoms with Crippen molar-refractivity contribution in [2.45, 2.75) is 39.7 Å². The fourth-order valence-electron chi connectivity index (χ4n) is 2.52. The molecule has 0 bridgehead atoms. The molecule has 3 rings (SSSR count). The summed E-state index contributed by atoms with van der Waals surface area (Å²) in [5.74, 6) is -0.540. The minimum absolute atomic E-state index is 0.0132. The molecule has 27 heavy (non-hydrogen) atoms. The molecule has 1 N–H and O–H groups in total. The average molecular weight is 380 g/mol. The van der Waals surface area contributed by atoms with E-state index in [1.165, 1.54) is 29.2 Å². The Hall–Kier alpha value is -2.98. The van der Waals surface area contributed by atoms with Crippen LogP contribution in [0.2, 0.25) is 0 Å². The number of thiazole rings is 1. The first kappa shape index (κ1) is 18.8. The minimum atomic E-state index is -0.382. The third-order valence-corrected chi connectivity index (χ3v) is 5.18. The van der Waals surface area contributed by atoms with Gasteiger partial charge in [0.2, 0.25) is 5.91 Å². The van der Waals surface area contributed by atoms with Crippen molar-refractivity contribution >= 4 is 40.0 Å². The van der Waals surface area contributed by atoms with Crippen LogP contribution in [0.5, 0.6) is 0 Å². The van der Waals surface area contributed by atoms with E-state index in [1.807, 2.05) is 38.1 Å². The Morgan fingerprint density at radius 2 is 2.07 bits per heavy atom. The van der Waals surface area contributed by atoms with E-state index in [0.717, 1.165) is 29.7 Å². The highest BCUT2D eigenvalue weighted by atomic mass is 32.1. The topological polar surface area (TPSA) is 86.1 Å². The zero-order valence-electron chi connectivity index (χ0n) is 15.4. The molecule has 2 aromatic rings. The Kier molecular flexibility index (Phi) is 5.38. The largest absolute Gasteiger partial charge is 0.349 e. The van der Waals surface area contributed by atoms with Gasteiger partial charge in [-0.15, -0.1) is 11.3 Å². The van der Waals surface area contributed by atoms with Crippen LogP contribution in [-0.4, -0.2) is 22.8 Å². The molecule has 6 nitrogen and oxygen atoms in total. The van der Waals surface area contributed by atoms with Crippen LogP contribution in [0, 0.1) is 25.2 Å². The predicted molar refractivity (Wildman–Crippen MR) is 106 cm³/mol. The highest BCUT2D eigenvalue weighted by Crippen LogP contribution is 2.30. The second kappa shape index (κ2) is 7.72. The van der Waals surface area contributed by atoms with Crippen molar-refractivity contribution in [2.24, 2.45) is 0 Å². The number of nitrogens with zero attached hydrogens (tertiary/aromatic N) is 3. The molecule has 1 fully saturated rings. The lowest BCUT2D eigenvalue weighted by atomic mass is 10.1. The van der Waals surface area contributed by atoms with Crippen LogP contribution in [0.1, 0.15) is 36.6 Å². The summed E-state index contributed by atoms with van der Waals surface area (Å²) in [5, 5.41) is 14.3. The summed E-state index contributed by atoms with van der Waals surface area (Å²) in [6.45, 7) is 5.49. The molecule has 138 valence electrons. The van der Waals surface area contributed by atoms with Crippen LogP contribution < -0.4 is 10.2 Å². The number of benzene rings is 1. The van der Waals surface area contributed by atoms with Crippen LogP contribution in [-0.2, 0) is 9.59 Å². The maximum absolute atomic E-state index is 12.2. The number of carbonyl (C=O) groups excluding carboxylic acids is 2. The van der Waals surface area contributed by atoms with Gasteiger partial charge >= 0.3 is 0 Å². The molecule has 1 aliphatic rings. The van der Waals surface area contributed by atoms with Crippen molar-refractivity contribution in [3.63, 3.8) is 0 Å². The summed E-state index contributed by atoms with van der Waals surface area (Å²) in [4.78, 5) is 30.3. The molecule has 0 unspecified atom stereocenters. The quantitative estimate of drug-likeness (QED) is 0.634. The van der Waals surface area contributed by atoms with Crippen LogP contribution >= 0.6 is 11.3 Å². The van der Waals surface area contributed by atoms with E-state index in [0.29, 0.717) is 10.8 Å². The SMILES string of the molecule is CC(=O)N(c1ccc(C)c(C)c1)c1nc(/C=C(\C#N)C(=O)NC2CC2)cs1. The average Bonchev–Trinajstić information content (AvgIpc) is 3.32. The molecular formula is C20H20N4O2S. The number of amides is 2. The van der Waals surface area contributed by atoms with E-state index >= 15 is 0 Å². The molecule has 0 spiro atoms. The van der Waals surface area contributed by atoms with Gasteiger partial charge in [0.15, 0.2) is 5.13 Å². The van der Waals surface area contributed by atoms with Crippen molar-refractivity contribution in [1.82, 2.24) is 10.3 Å². The van der Waals surface area contributed by atoms with E-state index in [9.17, 15) is 14.9 Å². The Morgan fingerprint density at radius 1 is 1.33 bits per heavy atom. The predicted octanol–water partition coefficient (Wildman–Crippen LogP) is 3.63. The first-order chi connectivity index (χ1) is 12.9. The first-order valence-electron chi connectivity index (χ1n) is 8.65. The zero-order valence-corrected chi connectivity index (χ0v) is 16.3. The van der Waals surface area contributed by atoms with Crippen LogP contribution in [0.4, 0.5) is 10.8 Å². The number of aromatic nitrogens is 1. The summed E-state index contributed by atoms with van der Waals surface area (Å²) < 4.78 is 0. The third-order valence-electron chi connectivity index (χ3n) is 4.33.